The third-order valence-corrected chi connectivity index (χ3v) is 4.50. The summed E-state index contributed by atoms with van der Waals surface area (Å²) in [6, 6.07) is 10.3. The molecule has 0 spiro atoms. The van der Waals surface area contributed by atoms with E-state index in [0.29, 0.717) is 0 Å². The lowest BCUT2D eigenvalue weighted by Crippen LogP contribution is -2.27. The topological polar surface area (TPSA) is 46.9 Å². The predicted octanol–water partition coefficient (Wildman–Crippen LogP) is 1.79. The van der Waals surface area contributed by atoms with Crippen LogP contribution in [0, 0.1) is 0 Å². The molecule has 0 aliphatic heterocycles. The minimum absolute atomic E-state index is 0.175. The van der Waals surface area contributed by atoms with Crippen molar-refractivity contribution in [3.05, 3.63) is 53.9 Å². The van der Waals surface area contributed by atoms with E-state index >= 15 is 0 Å². The summed E-state index contributed by atoms with van der Waals surface area (Å²) in [5, 5.41) is 7.85. The average molecular weight is 291 g/mol. The van der Waals surface area contributed by atoms with Gasteiger partial charge in [-0.05, 0) is 12.5 Å². The molecule has 4 nitrogen and oxygen atoms in total. The van der Waals surface area contributed by atoms with Gasteiger partial charge in [-0.2, -0.15) is 5.10 Å². The van der Waals surface area contributed by atoms with Gasteiger partial charge in [-0.1, -0.05) is 30.3 Å². The van der Waals surface area contributed by atoms with Gasteiger partial charge in [0.1, 0.15) is 0 Å². The number of nitrogens with one attached hydrogen (secondary N) is 1. The molecule has 20 heavy (non-hydrogen) atoms. The van der Waals surface area contributed by atoms with Crippen LogP contribution in [0.2, 0.25) is 0 Å². The van der Waals surface area contributed by atoms with E-state index in [1.165, 1.54) is 5.56 Å². The first-order chi connectivity index (χ1) is 9.65. The van der Waals surface area contributed by atoms with E-state index in [-0.39, 0.29) is 5.25 Å². The van der Waals surface area contributed by atoms with Gasteiger partial charge in [-0.25, -0.2) is 0 Å². The van der Waals surface area contributed by atoms with Gasteiger partial charge >= 0.3 is 0 Å². The van der Waals surface area contributed by atoms with Crippen molar-refractivity contribution in [3.8, 4) is 0 Å². The van der Waals surface area contributed by atoms with Gasteiger partial charge in [-0.3, -0.25) is 8.89 Å². The smallest absolute Gasteiger partial charge is 0.0659 e. The second kappa shape index (κ2) is 7.36. The standard InChI is InChI=1S/C15H21N3OS/c1-13(20(2)19)8-16-9-15-10-17-18(12-15)11-14-6-4-3-5-7-14/h3-7,10,12-13,16H,8-9,11H2,1-2H3. The van der Waals surface area contributed by atoms with E-state index in [9.17, 15) is 4.21 Å². The van der Waals surface area contributed by atoms with E-state index in [1.54, 1.807) is 6.26 Å². The molecular weight excluding hydrogens is 270 g/mol. The van der Waals surface area contributed by atoms with Crippen molar-refractivity contribution in [3.63, 3.8) is 0 Å². The highest BCUT2D eigenvalue weighted by Crippen LogP contribution is 2.04. The summed E-state index contributed by atoms with van der Waals surface area (Å²) < 4.78 is 13.2. The number of benzene rings is 1. The average Bonchev–Trinajstić information content (AvgIpc) is 2.87. The van der Waals surface area contributed by atoms with Gasteiger partial charge in [0, 0.05) is 47.2 Å². The molecule has 0 bridgehead atoms. The van der Waals surface area contributed by atoms with Crippen LogP contribution in [0.4, 0.5) is 0 Å². The van der Waals surface area contributed by atoms with Crippen molar-refractivity contribution in [1.29, 1.82) is 0 Å². The zero-order chi connectivity index (χ0) is 14.4. The lowest BCUT2D eigenvalue weighted by atomic mass is 10.2. The van der Waals surface area contributed by atoms with E-state index < -0.39 is 10.8 Å². The normalized spacial score (nSPS) is 14.1. The maximum Gasteiger partial charge on any atom is 0.0659 e. The van der Waals surface area contributed by atoms with Crippen LogP contribution in [0.5, 0.6) is 0 Å². The molecule has 0 amide bonds. The van der Waals surface area contributed by atoms with Crippen molar-refractivity contribution >= 4 is 10.8 Å². The molecule has 2 aromatic rings. The maximum atomic E-state index is 11.2. The molecule has 1 aromatic heterocycles. The number of hydrogen-bond acceptors (Lipinski definition) is 3. The first-order valence-electron chi connectivity index (χ1n) is 6.73. The van der Waals surface area contributed by atoms with Crippen molar-refractivity contribution < 1.29 is 4.21 Å². The van der Waals surface area contributed by atoms with Crippen LogP contribution in [0.25, 0.3) is 0 Å². The maximum absolute atomic E-state index is 11.2. The minimum Gasteiger partial charge on any atom is -0.311 e. The Labute approximate surface area is 122 Å². The van der Waals surface area contributed by atoms with Crippen LogP contribution in [-0.4, -0.2) is 32.0 Å². The molecule has 0 saturated heterocycles. The molecule has 1 N–H and O–H groups in total. The zero-order valence-corrected chi connectivity index (χ0v) is 12.8. The summed E-state index contributed by atoms with van der Waals surface area (Å²) in [6.07, 6.45) is 5.67. The van der Waals surface area contributed by atoms with Crippen LogP contribution in [-0.2, 0) is 23.9 Å². The van der Waals surface area contributed by atoms with Crippen LogP contribution < -0.4 is 5.32 Å². The number of nitrogens with zero attached hydrogens (tertiary/aromatic N) is 2. The fraction of sp³-hybridized carbons (Fsp3) is 0.400. The molecule has 108 valence electrons. The van der Waals surface area contributed by atoms with Gasteiger partial charge < -0.3 is 5.32 Å². The summed E-state index contributed by atoms with van der Waals surface area (Å²) in [5.41, 5.74) is 2.39. The highest BCUT2D eigenvalue weighted by molar-refractivity contribution is 7.84. The molecule has 0 radical (unpaired) electrons. The molecule has 0 saturated carbocycles. The Hall–Kier alpha value is -1.46. The molecule has 0 aliphatic rings. The third-order valence-electron chi connectivity index (χ3n) is 3.20. The number of aromatic nitrogens is 2. The van der Waals surface area contributed by atoms with Crippen LogP contribution in [0.3, 0.4) is 0 Å². The Bertz CT molecular complexity index is 553. The monoisotopic (exact) mass is 291 g/mol. The summed E-state index contributed by atoms with van der Waals surface area (Å²) in [4.78, 5) is 0. The first-order valence-corrected chi connectivity index (χ1v) is 8.35. The van der Waals surface area contributed by atoms with Crippen LogP contribution in [0.15, 0.2) is 42.7 Å². The van der Waals surface area contributed by atoms with Gasteiger partial charge in [-0.15, -0.1) is 0 Å². The summed E-state index contributed by atoms with van der Waals surface area (Å²) in [6.45, 7) is 4.29. The molecule has 1 heterocycles. The predicted molar refractivity (Wildman–Crippen MR) is 83.0 cm³/mol. The second-order valence-corrected chi connectivity index (χ2v) is 6.77. The molecule has 2 rings (SSSR count). The Morgan fingerprint density at radius 2 is 2.05 bits per heavy atom. The summed E-state index contributed by atoms with van der Waals surface area (Å²) >= 11 is 0. The number of hydrogen-bond donors (Lipinski definition) is 1. The Balaban J connectivity index is 1.82. The van der Waals surface area contributed by atoms with E-state index in [1.807, 2.05) is 42.2 Å². The Morgan fingerprint density at radius 3 is 2.75 bits per heavy atom. The van der Waals surface area contributed by atoms with Gasteiger partial charge in [0.25, 0.3) is 0 Å². The first kappa shape index (κ1) is 14.9. The van der Waals surface area contributed by atoms with Crippen molar-refractivity contribution in [2.24, 2.45) is 0 Å². The summed E-state index contributed by atoms with van der Waals surface area (Å²) in [7, 11) is -0.773. The van der Waals surface area contributed by atoms with E-state index in [4.69, 9.17) is 0 Å². The highest BCUT2D eigenvalue weighted by atomic mass is 32.2. The largest absolute Gasteiger partial charge is 0.311 e. The third kappa shape index (κ3) is 4.58. The zero-order valence-electron chi connectivity index (χ0n) is 12.0. The SMILES string of the molecule is CC(CNCc1cnn(Cc2ccccc2)c1)S(C)=O. The molecule has 0 aliphatic carbocycles. The van der Waals surface area contributed by atoms with Gasteiger partial charge in [0.15, 0.2) is 0 Å². The lowest BCUT2D eigenvalue weighted by Gasteiger charge is -2.08. The van der Waals surface area contributed by atoms with Crippen molar-refractivity contribution in [1.82, 2.24) is 15.1 Å². The fourth-order valence-corrected chi connectivity index (χ4v) is 2.24. The molecule has 5 heteroatoms. The van der Waals surface area contributed by atoms with Crippen molar-refractivity contribution in [2.45, 2.75) is 25.3 Å². The molecule has 2 atom stereocenters. The highest BCUT2D eigenvalue weighted by Gasteiger charge is 2.05. The quantitative estimate of drug-likeness (QED) is 0.846. The Morgan fingerprint density at radius 1 is 1.30 bits per heavy atom. The molecule has 0 fully saturated rings. The van der Waals surface area contributed by atoms with Gasteiger partial charge in [0.05, 0.1) is 12.7 Å². The fourth-order valence-electron chi connectivity index (χ4n) is 1.89. The number of rotatable bonds is 7. The summed E-state index contributed by atoms with van der Waals surface area (Å²) in [5.74, 6) is 0. The van der Waals surface area contributed by atoms with E-state index in [0.717, 1.165) is 25.2 Å². The Kier molecular flexibility index (Phi) is 5.49. The van der Waals surface area contributed by atoms with Crippen LogP contribution >= 0.6 is 0 Å². The lowest BCUT2D eigenvalue weighted by molar-refractivity contribution is 0.646. The minimum atomic E-state index is -0.773. The molecule has 2 unspecified atom stereocenters. The second-order valence-electron chi connectivity index (χ2n) is 4.97. The van der Waals surface area contributed by atoms with E-state index in [2.05, 4.69) is 22.5 Å². The molecule has 1 aromatic carbocycles. The molecular formula is C15H21N3OS. The van der Waals surface area contributed by atoms with Gasteiger partial charge in [0.2, 0.25) is 0 Å². The van der Waals surface area contributed by atoms with Crippen molar-refractivity contribution in [2.75, 3.05) is 12.8 Å². The van der Waals surface area contributed by atoms with Crippen LogP contribution in [0.1, 0.15) is 18.1 Å².